The van der Waals surface area contributed by atoms with Crippen LogP contribution in [0, 0.1) is 30.6 Å². The molecule has 2 aliphatic rings. The molecule has 6 rings (SSSR count). The summed E-state index contributed by atoms with van der Waals surface area (Å²) >= 11 is 0. The lowest BCUT2D eigenvalue weighted by molar-refractivity contribution is 0.187. The quantitative estimate of drug-likeness (QED) is 0.500. The van der Waals surface area contributed by atoms with Crippen LogP contribution in [0.3, 0.4) is 0 Å². The molecule has 34 heavy (non-hydrogen) atoms. The number of hydrogen-bond acceptors (Lipinski definition) is 6. The normalized spacial score (nSPS) is 19.0. The minimum absolute atomic E-state index is 0.0291. The Balaban J connectivity index is 1.32. The summed E-state index contributed by atoms with van der Waals surface area (Å²) in [7, 11) is 1.95. The van der Waals surface area contributed by atoms with Crippen molar-refractivity contribution in [2.45, 2.75) is 39.2 Å². The van der Waals surface area contributed by atoms with Gasteiger partial charge in [0.2, 0.25) is 0 Å². The van der Waals surface area contributed by atoms with Gasteiger partial charge in [-0.1, -0.05) is 6.07 Å². The summed E-state index contributed by atoms with van der Waals surface area (Å²) in [5.74, 6) is 0.978. The molecule has 0 bridgehead atoms. The highest BCUT2D eigenvalue weighted by molar-refractivity contribution is 5.76. The second-order valence-corrected chi connectivity index (χ2v) is 9.79. The van der Waals surface area contributed by atoms with E-state index in [-0.39, 0.29) is 11.5 Å². The van der Waals surface area contributed by atoms with Crippen molar-refractivity contribution in [3.8, 4) is 17.3 Å². The molecule has 1 fully saturated rings. The molecule has 0 saturated carbocycles. The molecule has 0 radical (unpaired) electrons. The lowest BCUT2D eigenvalue weighted by Crippen LogP contribution is -2.44. The number of nitriles is 1. The fourth-order valence-corrected chi connectivity index (χ4v) is 5.93. The molecular weight excluding hydrogens is 424 g/mol. The van der Waals surface area contributed by atoms with Gasteiger partial charge in [0, 0.05) is 37.4 Å². The summed E-state index contributed by atoms with van der Waals surface area (Å²) in [6.07, 6.45) is 6.71. The first-order valence-electron chi connectivity index (χ1n) is 11.8. The van der Waals surface area contributed by atoms with Gasteiger partial charge in [0.15, 0.2) is 5.82 Å². The number of aromatic nitrogens is 5. The summed E-state index contributed by atoms with van der Waals surface area (Å²) in [5, 5.41) is 18.4. The Hall–Kier alpha value is -3.70. The topological polar surface area (TPSA) is 101 Å². The minimum Gasteiger partial charge on any atom is -0.355 e. The van der Waals surface area contributed by atoms with Crippen LogP contribution in [-0.4, -0.2) is 37.5 Å². The van der Waals surface area contributed by atoms with Crippen LogP contribution in [0.2, 0.25) is 0 Å². The van der Waals surface area contributed by atoms with Gasteiger partial charge < -0.3 is 10.6 Å². The largest absolute Gasteiger partial charge is 0.355 e. The Morgan fingerprint density at radius 3 is 2.65 bits per heavy atom. The monoisotopic (exact) mass is 452 g/mol. The molecule has 3 aromatic heterocycles. The van der Waals surface area contributed by atoms with Gasteiger partial charge in [-0.15, -0.1) is 0 Å². The van der Waals surface area contributed by atoms with Crippen molar-refractivity contribution in [3.63, 3.8) is 0 Å². The molecule has 4 aromatic rings. The zero-order chi connectivity index (χ0) is 23.6. The van der Waals surface area contributed by atoms with Gasteiger partial charge in [0.05, 0.1) is 35.4 Å². The van der Waals surface area contributed by atoms with Crippen LogP contribution in [0.1, 0.15) is 47.0 Å². The van der Waals surface area contributed by atoms with Crippen molar-refractivity contribution in [3.05, 3.63) is 64.7 Å². The van der Waals surface area contributed by atoms with Gasteiger partial charge in [-0.2, -0.15) is 15.5 Å². The highest BCUT2D eigenvalue weighted by atomic mass is 15.3. The fourth-order valence-electron chi connectivity index (χ4n) is 5.93. The third kappa shape index (κ3) is 2.90. The van der Waals surface area contributed by atoms with Crippen molar-refractivity contribution in [2.24, 2.45) is 18.2 Å². The predicted molar refractivity (Wildman–Crippen MR) is 130 cm³/mol. The molecule has 1 aromatic carbocycles. The Kier molecular flexibility index (Phi) is 4.55. The number of aryl methyl sites for hydroxylation is 2. The van der Waals surface area contributed by atoms with E-state index in [1.54, 1.807) is 0 Å². The average Bonchev–Trinajstić information content (AvgIpc) is 3.52. The van der Waals surface area contributed by atoms with Crippen LogP contribution >= 0.6 is 0 Å². The number of piperidine rings is 1. The van der Waals surface area contributed by atoms with E-state index < -0.39 is 0 Å². The molecule has 0 amide bonds. The molecular formula is C26H28N8. The number of nitrogens with two attached hydrogens (primary N) is 1. The van der Waals surface area contributed by atoms with Gasteiger partial charge in [0.1, 0.15) is 5.52 Å². The zero-order valence-corrected chi connectivity index (χ0v) is 19.8. The van der Waals surface area contributed by atoms with Gasteiger partial charge >= 0.3 is 0 Å². The van der Waals surface area contributed by atoms with Crippen LogP contribution in [0.25, 0.3) is 16.8 Å². The van der Waals surface area contributed by atoms with Crippen molar-refractivity contribution in [1.82, 2.24) is 24.4 Å². The zero-order valence-electron chi connectivity index (χ0n) is 19.8. The number of fused-ring (bicyclic) bond motifs is 2. The molecule has 8 heteroatoms. The molecule has 1 atom stereocenters. The van der Waals surface area contributed by atoms with Gasteiger partial charge in [-0.3, -0.25) is 4.68 Å². The van der Waals surface area contributed by atoms with Crippen LogP contribution in [0.15, 0.2) is 36.7 Å². The molecule has 1 spiro atoms. The maximum Gasteiger partial charge on any atom is 0.155 e. The summed E-state index contributed by atoms with van der Waals surface area (Å²) in [5.41, 5.74) is 15.1. The number of anilines is 1. The lowest BCUT2D eigenvalue weighted by atomic mass is 9.73. The van der Waals surface area contributed by atoms with Crippen LogP contribution in [0.5, 0.6) is 0 Å². The third-order valence-electron chi connectivity index (χ3n) is 8.06. The van der Waals surface area contributed by atoms with E-state index in [4.69, 9.17) is 10.7 Å². The van der Waals surface area contributed by atoms with E-state index in [0.717, 1.165) is 71.9 Å². The van der Waals surface area contributed by atoms with Gasteiger partial charge in [-0.05, 0) is 67.9 Å². The first kappa shape index (κ1) is 20.9. The first-order chi connectivity index (χ1) is 16.4. The first-order valence-corrected chi connectivity index (χ1v) is 11.8. The lowest BCUT2D eigenvalue weighted by Gasteiger charge is -2.42. The maximum atomic E-state index is 9.30. The van der Waals surface area contributed by atoms with Crippen molar-refractivity contribution < 1.29 is 0 Å². The summed E-state index contributed by atoms with van der Waals surface area (Å²) in [4.78, 5) is 7.46. The average molecular weight is 453 g/mol. The standard InChI is InChI=1S/C26H28N8/c1-16-23(21-15-30-32(3)17(21)2)34-22(6-9-29-34)25(31-16)33-10-7-26(8-11-33)13-19-5-4-18(14-27)12-20(19)24(26)28/h4-6,9,12,15,24H,7-8,10-11,13,28H2,1-3H3. The molecule has 1 aliphatic heterocycles. The van der Waals surface area contributed by atoms with E-state index in [1.807, 2.05) is 53.8 Å². The van der Waals surface area contributed by atoms with Crippen LogP contribution < -0.4 is 10.6 Å². The van der Waals surface area contributed by atoms with Gasteiger partial charge in [-0.25, -0.2) is 9.50 Å². The van der Waals surface area contributed by atoms with Crippen molar-refractivity contribution >= 4 is 11.3 Å². The number of benzene rings is 1. The Labute approximate surface area is 198 Å². The van der Waals surface area contributed by atoms with E-state index in [0.29, 0.717) is 5.56 Å². The van der Waals surface area contributed by atoms with Crippen molar-refractivity contribution in [2.75, 3.05) is 18.0 Å². The van der Waals surface area contributed by atoms with Crippen LogP contribution in [0.4, 0.5) is 5.82 Å². The number of nitrogens with zero attached hydrogens (tertiary/aromatic N) is 7. The smallest absolute Gasteiger partial charge is 0.155 e. The molecule has 4 heterocycles. The highest BCUT2D eigenvalue weighted by Crippen LogP contribution is 2.51. The van der Waals surface area contributed by atoms with E-state index in [2.05, 4.69) is 34.2 Å². The van der Waals surface area contributed by atoms with Crippen molar-refractivity contribution in [1.29, 1.82) is 5.26 Å². The second-order valence-electron chi connectivity index (χ2n) is 9.79. The molecule has 1 unspecified atom stereocenters. The Bertz CT molecular complexity index is 1460. The summed E-state index contributed by atoms with van der Waals surface area (Å²) in [6, 6.07) is 10.3. The fraction of sp³-hybridized carbons (Fsp3) is 0.385. The van der Waals surface area contributed by atoms with Crippen LogP contribution in [-0.2, 0) is 13.5 Å². The Morgan fingerprint density at radius 1 is 1.15 bits per heavy atom. The van der Waals surface area contributed by atoms with E-state index >= 15 is 0 Å². The third-order valence-corrected chi connectivity index (χ3v) is 8.06. The predicted octanol–water partition coefficient (Wildman–Crippen LogP) is 3.46. The summed E-state index contributed by atoms with van der Waals surface area (Å²) < 4.78 is 3.89. The number of rotatable bonds is 2. The number of hydrogen-bond donors (Lipinski definition) is 1. The van der Waals surface area contributed by atoms with E-state index in [1.165, 1.54) is 5.56 Å². The molecule has 8 nitrogen and oxygen atoms in total. The SMILES string of the molecule is Cc1nc(N2CCC3(CC2)Cc2ccc(C#N)cc2C3N)c2ccnn2c1-c1cnn(C)c1C. The molecule has 172 valence electrons. The minimum atomic E-state index is -0.0291. The Morgan fingerprint density at radius 2 is 1.94 bits per heavy atom. The molecule has 2 N–H and O–H groups in total. The molecule has 1 saturated heterocycles. The molecule has 1 aliphatic carbocycles. The maximum absolute atomic E-state index is 9.30. The second kappa shape index (κ2) is 7.40. The van der Waals surface area contributed by atoms with E-state index in [9.17, 15) is 5.26 Å². The van der Waals surface area contributed by atoms with Gasteiger partial charge in [0.25, 0.3) is 0 Å². The highest BCUT2D eigenvalue weighted by Gasteiger charge is 2.46. The summed E-state index contributed by atoms with van der Waals surface area (Å²) in [6.45, 7) is 5.91.